The van der Waals surface area contributed by atoms with E-state index in [0.717, 1.165) is 18.1 Å². The van der Waals surface area contributed by atoms with Gasteiger partial charge in [0.05, 0.1) is 10.7 Å². The van der Waals surface area contributed by atoms with Crippen LogP contribution in [-0.2, 0) is 13.1 Å². The number of aromatic nitrogens is 1. The SMILES string of the molecule is Cc1nc(CNC2CCN(Cc3ccccc3)CC2)cs1. The molecule has 0 saturated carbocycles. The lowest BCUT2D eigenvalue weighted by Crippen LogP contribution is -2.41. The molecule has 1 N–H and O–H groups in total. The molecule has 112 valence electrons. The van der Waals surface area contributed by atoms with Gasteiger partial charge >= 0.3 is 0 Å². The average Bonchev–Trinajstić information content (AvgIpc) is 2.93. The molecule has 4 heteroatoms. The Labute approximate surface area is 131 Å². The summed E-state index contributed by atoms with van der Waals surface area (Å²) in [4.78, 5) is 7.07. The Bertz CT molecular complexity index is 544. The van der Waals surface area contributed by atoms with Gasteiger partial charge < -0.3 is 5.32 Å². The highest BCUT2D eigenvalue weighted by molar-refractivity contribution is 7.09. The van der Waals surface area contributed by atoms with Gasteiger partial charge in [-0.3, -0.25) is 4.90 Å². The zero-order valence-electron chi connectivity index (χ0n) is 12.6. The van der Waals surface area contributed by atoms with Gasteiger partial charge in [0.1, 0.15) is 0 Å². The minimum Gasteiger partial charge on any atom is -0.308 e. The summed E-state index contributed by atoms with van der Waals surface area (Å²) < 4.78 is 0. The van der Waals surface area contributed by atoms with Crippen molar-refractivity contribution in [3.63, 3.8) is 0 Å². The number of piperidine rings is 1. The number of hydrogen-bond acceptors (Lipinski definition) is 4. The molecule has 3 rings (SSSR count). The Morgan fingerprint density at radius 2 is 2.00 bits per heavy atom. The van der Waals surface area contributed by atoms with E-state index >= 15 is 0 Å². The quantitative estimate of drug-likeness (QED) is 0.919. The van der Waals surface area contributed by atoms with Gasteiger partial charge in [-0.05, 0) is 38.4 Å². The maximum Gasteiger partial charge on any atom is 0.0897 e. The molecule has 21 heavy (non-hydrogen) atoms. The van der Waals surface area contributed by atoms with Crippen molar-refractivity contribution in [3.05, 3.63) is 52.0 Å². The maximum absolute atomic E-state index is 4.51. The zero-order chi connectivity index (χ0) is 14.5. The third kappa shape index (κ3) is 4.37. The summed E-state index contributed by atoms with van der Waals surface area (Å²) in [5, 5.41) is 6.97. The van der Waals surface area contributed by atoms with Crippen molar-refractivity contribution in [3.8, 4) is 0 Å². The molecule has 1 aromatic carbocycles. The first-order valence-electron chi connectivity index (χ1n) is 7.70. The van der Waals surface area contributed by atoms with Gasteiger partial charge in [0, 0.05) is 24.5 Å². The number of rotatable bonds is 5. The second-order valence-corrected chi connectivity index (χ2v) is 6.84. The van der Waals surface area contributed by atoms with Crippen LogP contribution in [0.1, 0.15) is 29.1 Å². The van der Waals surface area contributed by atoms with E-state index in [4.69, 9.17) is 0 Å². The monoisotopic (exact) mass is 301 g/mol. The van der Waals surface area contributed by atoms with E-state index in [0.29, 0.717) is 6.04 Å². The zero-order valence-corrected chi connectivity index (χ0v) is 13.4. The minimum absolute atomic E-state index is 0.638. The third-order valence-corrected chi connectivity index (χ3v) is 4.90. The van der Waals surface area contributed by atoms with Crippen LogP contribution in [0.25, 0.3) is 0 Å². The van der Waals surface area contributed by atoms with Crippen molar-refractivity contribution >= 4 is 11.3 Å². The van der Waals surface area contributed by atoms with Crippen LogP contribution in [0.15, 0.2) is 35.7 Å². The van der Waals surface area contributed by atoms with Gasteiger partial charge in [-0.1, -0.05) is 30.3 Å². The number of benzene rings is 1. The number of aryl methyl sites for hydroxylation is 1. The lowest BCUT2D eigenvalue weighted by molar-refractivity contribution is 0.190. The largest absolute Gasteiger partial charge is 0.308 e. The average molecular weight is 301 g/mol. The minimum atomic E-state index is 0.638. The Hall–Kier alpha value is -1.23. The normalized spacial score (nSPS) is 17.2. The number of nitrogens with one attached hydrogen (secondary N) is 1. The molecular formula is C17H23N3S. The van der Waals surface area contributed by atoms with E-state index in [1.165, 1.54) is 37.2 Å². The molecule has 0 unspecified atom stereocenters. The predicted octanol–water partition coefficient (Wildman–Crippen LogP) is 3.21. The van der Waals surface area contributed by atoms with Crippen LogP contribution in [0.3, 0.4) is 0 Å². The van der Waals surface area contributed by atoms with Gasteiger partial charge in [-0.15, -0.1) is 11.3 Å². The van der Waals surface area contributed by atoms with Crippen LogP contribution >= 0.6 is 11.3 Å². The molecule has 0 aliphatic carbocycles. The smallest absolute Gasteiger partial charge is 0.0897 e. The van der Waals surface area contributed by atoms with Crippen molar-refractivity contribution in [1.82, 2.24) is 15.2 Å². The fourth-order valence-corrected chi connectivity index (χ4v) is 3.49. The van der Waals surface area contributed by atoms with E-state index in [1.54, 1.807) is 11.3 Å². The highest BCUT2D eigenvalue weighted by atomic mass is 32.1. The molecule has 0 amide bonds. The number of nitrogens with zero attached hydrogens (tertiary/aromatic N) is 2. The molecule has 0 atom stereocenters. The van der Waals surface area contributed by atoms with Crippen molar-refractivity contribution in [2.45, 2.75) is 38.9 Å². The first-order chi connectivity index (χ1) is 10.3. The maximum atomic E-state index is 4.51. The molecular weight excluding hydrogens is 278 g/mol. The van der Waals surface area contributed by atoms with Crippen LogP contribution in [0.2, 0.25) is 0 Å². The lowest BCUT2D eigenvalue weighted by atomic mass is 10.0. The van der Waals surface area contributed by atoms with E-state index in [9.17, 15) is 0 Å². The molecule has 2 aromatic rings. The standard InChI is InChI=1S/C17H23N3S/c1-14-19-17(13-21-14)11-18-16-7-9-20(10-8-16)12-15-5-3-2-4-6-15/h2-6,13,16,18H,7-12H2,1H3. The lowest BCUT2D eigenvalue weighted by Gasteiger charge is -2.32. The van der Waals surface area contributed by atoms with Crippen LogP contribution in [0.4, 0.5) is 0 Å². The van der Waals surface area contributed by atoms with Crippen LogP contribution in [0.5, 0.6) is 0 Å². The molecule has 1 aliphatic heterocycles. The molecule has 0 bridgehead atoms. The molecule has 1 aliphatic rings. The Balaban J connectivity index is 1.40. The topological polar surface area (TPSA) is 28.2 Å². The first-order valence-corrected chi connectivity index (χ1v) is 8.58. The molecule has 2 heterocycles. The summed E-state index contributed by atoms with van der Waals surface area (Å²) in [6, 6.07) is 11.4. The van der Waals surface area contributed by atoms with Crippen molar-refractivity contribution in [2.75, 3.05) is 13.1 Å². The van der Waals surface area contributed by atoms with Crippen LogP contribution < -0.4 is 5.32 Å². The molecule has 1 saturated heterocycles. The molecule has 3 nitrogen and oxygen atoms in total. The summed E-state index contributed by atoms with van der Waals surface area (Å²) in [5.41, 5.74) is 2.60. The Morgan fingerprint density at radius 3 is 2.67 bits per heavy atom. The van der Waals surface area contributed by atoms with E-state index in [-0.39, 0.29) is 0 Å². The predicted molar refractivity (Wildman–Crippen MR) is 88.4 cm³/mol. The van der Waals surface area contributed by atoms with Gasteiger partial charge in [-0.2, -0.15) is 0 Å². The van der Waals surface area contributed by atoms with Gasteiger partial charge in [0.25, 0.3) is 0 Å². The molecule has 1 aromatic heterocycles. The molecule has 0 spiro atoms. The second-order valence-electron chi connectivity index (χ2n) is 5.77. The fraction of sp³-hybridized carbons (Fsp3) is 0.471. The number of likely N-dealkylation sites (tertiary alicyclic amines) is 1. The second kappa shape index (κ2) is 7.16. The number of thiazole rings is 1. The van der Waals surface area contributed by atoms with Gasteiger partial charge in [0.15, 0.2) is 0 Å². The Morgan fingerprint density at radius 1 is 1.24 bits per heavy atom. The van der Waals surface area contributed by atoms with Crippen molar-refractivity contribution in [2.24, 2.45) is 0 Å². The first kappa shape index (κ1) is 14.7. The van der Waals surface area contributed by atoms with Crippen molar-refractivity contribution < 1.29 is 0 Å². The van der Waals surface area contributed by atoms with Crippen LogP contribution in [-0.4, -0.2) is 29.0 Å². The highest BCUT2D eigenvalue weighted by Crippen LogP contribution is 2.15. The van der Waals surface area contributed by atoms with E-state index in [2.05, 4.69) is 57.8 Å². The molecule has 0 radical (unpaired) electrons. The third-order valence-electron chi connectivity index (χ3n) is 4.08. The number of hydrogen-bond donors (Lipinski definition) is 1. The summed E-state index contributed by atoms with van der Waals surface area (Å²) >= 11 is 1.73. The van der Waals surface area contributed by atoms with E-state index in [1.807, 2.05) is 0 Å². The Kier molecular flexibility index (Phi) is 5.01. The fourth-order valence-electron chi connectivity index (χ4n) is 2.88. The van der Waals surface area contributed by atoms with Crippen LogP contribution in [0, 0.1) is 6.92 Å². The van der Waals surface area contributed by atoms with Crippen molar-refractivity contribution in [1.29, 1.82) is 0 Å². The van der Waals surface area contributed by atoms with Gasteiger partial charge in [-0.25, -0.2) is 4.98 Å². The summed E-state index contributed by atoms with van der Waals surface area (Å²) in [7, 11) is 0. The van der Waals surface area contributed by atoms with E-state index < -0.39 is 0 Å². The summed E-state index contributed by atoms with van der Waals surface area (Å²) in [6.45, 7) is 6.42. The summed E-state index contributed by atoms with van der Waals surface area (Å²) in [6.07, 6.45) is 2.46. The molecule has 1 fully saturated rings. The van der Waals surface area contributed by atoms with Gasteiger partial charge in [0.2, 0.25) is 0 Å². The highest BCUT2D eigenvalue weighted by Gasteiger charge is 2.18. The summed E-state index contributed by atoms with van der Waals surface area (Å²) in [5.74, 6) is 0.